The summed E-state index contributed by atoms with van der Waals surface area (Å²) in [4.78, 5) is 41.3. The Labute approximate surface area is 179 Å². The molecule has 0 radical (unpaired) electrons. The lowest BCUT2D eigenvalue weighted by Crippen LogP contribution is -2.46. The molecule has 0 heterocycles. The molecule has 0 aliphatic rings. The van der Waals surface area contributed by atoms with Crippen molar-refractivity contribution in [2.75, 3.05) is 0 Å². The normalized spacial score (nSPS) is 17.2. The Morgan fingerprint density at radius 1 is 0.710 bits per heavy atom. The lowest BCUT2D eigenvalue weighted by Gasteiger charge is -2.23. The van der Waals surface area contributed by atoms with Crippen molar-refractivity contribution in [1.82, 2.24) is 0 Å². The molecule has 6 unspecified atom stereocenters. The maximum absolute atomic E-state index is 11.3. The maximum atomic E-state index is 11.3. The molecule has 6 atom stereocenters. The van der Waals surface area contributed by atoms with Gasteiger partial charge < -0.3 is 20.1 Å². The van der Waals surface area contributed by atoms with Crippen molar-refractivity contribution >= 4 is 6.29 Å². The van der Waals surface area contributed by atoms with Crippen LogP contribution in [0.2, 0.25) is 0 Å². The van der Waals surface area contributed by atoms with Crippen LogP contribution in [0.25, 0.3) is 0 Å². The summed E-state index contributed by atoms with van der Waals surface area (Å²) in [6, 6.07) is -4.96. The largest absolute Gasteiger partial charge is 0.386 e. The van der Waals surface area contributed by atoms with E-state index in [1.54, 1.807) is 0 Å². The summed E-state index contributed by atoms with van der Waals surface area (Å²) >= 11 is 0. The number of carbonyl (C=O) groups excluding carboxylic acids is 1. The standard InChI is InChI=1S/C18H33N3O10/c1-2-13(19(26)27)17(24)12-15(21(30)31)18(25)11-14(20(28)29)16(23)9-7-5-3-4-6-8-10-22/h10,13-18,23-25H,2-9,11-12H2,1H3. The molecule has 0 aromatic rings. The molecule has 0 saturated carbocycles. The molecular formula is C18H33N3O10. The summed E-state index contributed by atoms with van der Waals surface area (Å²) in [5.74, 6) is 0. The average Bonchev–Trinajstić information content (AvgIpc) is 2.68. The highest BCUT2D eigenvalue weighted by atomic mass is 16.6. The number of unbranched alkanes of at least 4 members (excludes halogenated alkanes) is 5. The molecule has 0 bridgehead atoms. The number of hydrogen-bond acceptors (Lipinski definition) is 10. The van der Waals surface area contributed by atoms with Gasteiger partial charge >= 0.3 is 0 Å². The van der Waals surface area contributed by atoms with Crippen LogP contribution in [-0.4, -0.2) is 72.8 Å². The van der Waals surface area contributed by atoms with Crippen molar-refractivity contribution in [1.29, 1.82) is 0 Å². The van der Waals surface area contributed by atoms with Crippen molar-refractivity contribution in [3.05, 3.63) is 30.3 Å². The Kier molecular flexibility index (Phi) is 14.4. The number of aliphatic hydroxyl groups excluding tert-OH is 3. The van der Waals surface area contributed by atoms with E-state index in [0.717, 1.165) is 25.5 Å². The van der Waals surface area contributed by atoms with Crippen LogP contribution in [0, 0.1) is 30.3 Å². The fraction of sp³-hybridized carbons (Fsp3) is 0.944. The van der Waals surface area contributed by atoms with Crippen molar-refractivity contribution in [2.45, 2.75) is 108 Å². The Morgan fingerprint density at radius 2 is 1.13 bits per heavy atom. The van der Waals surface area contributed by atoms with Gasteiger partial charge in [0.1, 0.15) is 24.6 Å². The molecule has 0 saturated heterocycles. The predicted octanol–water partition coefficient (Wildman–Crippen LogP) is 1.12. The van der Waals surface area contributed by atoms with E-state index in [4.69, 9.17) is 0 Å². The van der Waals surface area contributed by atoms with Crippen LogP contribution in [0.1, 0.15) is 71.1 Å². The van der Waals surface area contributed by atoms with Gasteiger partial charge in [0, 0.05) is 27.6 Å². The summed E-state index contributed by atoms with van der Waals surface area (Å²) < 4.78 is 0. The number of nitrogens with zero attached hydrogens (tertiary/aromatic N) is 3. The Hall–Kier alpha value is -2.25. The summed E-state index contributed by atoms with van der Waals surface area (Å²) in [5.41, 5.74) is 0. The van der Waals surface area contributed by atoms with Crippen molar-refractivity contribution < 1.29 is 34.9 Å². The second-order valence-electron chi connectivity index (χ2n) is 7.65. The minimum absolute atomic E-state index is 0.0665. The Bertz CT molecular complexity index is 577. The highest BCUT2D eigenvalue weighted by molar-refractivity contribution is 5.48. The molecule has 0 rings (SSSR count). The monoisotopic (exact) mass is 451 g/mol. The molecule has 3 N–H and O–H groups in total. The lowest BCUT2D eigenvalue weighted by atomic mass is 9.92. The van der Waals surface area contributed by atoms with E-state index < -0.39 is 64.0 Å². The van der Waals surface area contributed by atoms with Gasteiger partial charge in [-0.1, -0.05) is 32.6 Å². The molecule has 0 spiro atoms. The number of rotatable bonds is 19. The molecule has 0 aromatic carbocycles. The summed E-state index contributed by atoms with van der Waals surface area (Å²) in [6.45, 7) is 1.43. The van der Waals surface area contributed by atoms with Gasteiger partial charge in [-0.05, 0) is 12.8 Å². The van der Waals surface area contributed by atoms with Crippen molar-refractivity contribution in [3.63, 3.8) is 0 Å². The minimum Gasteiger partial charge on any atom is -0.386 e. The van der Waals surface area contributed by atoms with Gasteiger partial charge in [-0.15, -0.1) is 0 Å². The third kappa shape index (κ3) is 11.1. The summed E-state index contributed by atoms with van der Waals surface area (Å²) in [6.07, 6.45) is -1.67. The molecule has 31 heavy (non-hydrogen) atoms. The van der Waals surface area contributed by atoms with Gasteiger partial charge in [-0.3, -0.25) is 30.3 Å². The van der Waals surface area contributed by atoms with Gasteiger partial charge in [0.05, 0.1) is 12.8 Å². The molecule has 13 nitrogen and oxygen atoms in total. The lowest BCUT2D eigenvalue weighted by molar-refractivity contribution is -0.562. The average molecular weight is 451 g/mol. The fourth-order valence-electron chi connectivity index (χ4n) is 3.44. The number of aldehydes is 1. The van der Waals surface area contributed by atoms with E-state index in [2.05, 4.69) is 0 Å². The van der Waals surface area contributed by atoms with Crippen LogP contribution in [0.4, 0.5) is 0 Å². The molecule has 180 valence electrons. The fourth-order valence-corrected chi connectivity index (χ4v) is 3.44. The first kappa shape index (κ1) is 28.8. The second-order valence-corrected chi connectivity index (χ2v) is 7.65. The van der Waals surface area contributed by atoms with Crippen LogP contribution < -0.4 is 0 Å². The van der Waals surface area contributed by atoms with E-state index in [9.17, 15) is 50.5 Å². The molecule has 0 fully saturated rings. The van der Waals surface area contributed by atoms with E-state index in [1.165, 1.54) is 6.92 Å². The van der Waals surface area contributed by atoms with E-state index in [0.29, 0.717) is 19.3 Å². The highest BCUT2D eigenvalue weighted by Crippen LogP contribution is 2.20. The van der Waals surface area contributed by atoms with Gasteiger partial charge in [0.15, 0.2) is 0 Å². The highest BCUT2D eigenvalue weighted by Gasteiger charge is 2.42. The zero-order chi connectivity index (χ0) is 24.0. The first-order chi connectivity index (χ1) is 14.6. The topological polar surface area (TPSA) is 207 Å². The van der Waals surface area contributed by atoms with Crippen molar-refractivity contribution in [3.8, 4) is 0 Å². The van der Waals surface area contributed by atoms with Gasteiger partial charge in [0.25, 0.3) is 0 Å². The molecular weight excluding hydrogens is 418 g/mol. The van der Waals surface area contributed by atoms with Crippen molar-refractivity contribution in [2.24, 2.45) is 0 Å². The summed E-state index contributed by atoms with van der Waals surface area (Å²) in [5, 5.41) is 63.9. The first-order valence-corrected chi connectivity index (χ1v) is 10.4. The minimum atomic E-state index is -1.87. The zero-order valence-electron chi connectivity index (χ0n) is 17.7. The smallest absolute Gasteiger partial charge is 0.241 e. The van der Waals surface area contributed by atoms with Gasteiger partial charge in [0.2, 0.25) is 18.1 Å². The van der Waals surface area contributed by atoms with Crippen LogP contribution in [0.5, 0.6) is 0 Å². The molecule has 0 aromatic heterocycles. The number of carbonyl (C=O) groups is 1. The number of nitro groups is 3. The predicted molar refractivity (Wildman–Crippen MR) is 108 cm³/mol. The van der Waals surface area contributed by atoms with Gasteiger partial charge in [-0.2, -0.15) is 0 Å². The third-order valence-electron chi connectivity index (χ3n) is 5.35. The maximum Gasteiger partial charge on any atom is 0.241 e. The third-order valence-corrected chi connectivity index (χ3v) is 5.35. The SMILES string of the molecule is CCC(C(O)CC(C(O)CC(C(O)CCCCCCCC=O)[N+](=O)[O-])[N+](=O)[O-])[N+](=O)[O-]. The van der Waals surface area contributed by atoms with Crippen LogP contribution in [-0.2, 0) is 4.79 Å². The van der Waals surface area contributed by atoms with Crippen LogP contribution >= 0.6 is 0 Å². The second kappa shape index (κ2) is 15.5. The van der Waals surface area contributed by atoms with Gasteiger partial charge in [-0.25, -0.2) is 0 Å². The van der Waals surface area contributed by atoms with E-state index in [-0.39, 0.29) is 12.8 Å². The molecule has 0 aliphatic heterocycles. The van der Waals surface area contributed by atoms with E-state index >= 15 is 0 Å². The zero-order valence-corrected chi connectivity index (χ0v) is 17.7. The Balaban J connectivity index is 4.87. The number of aliphatic hydroxyl groups is 3. The first-order valence-electron chi connectivity index (χ1n) is 10.4. The summed E-state index contributed by atoms with van der Waals surface area (Å²) in [7, 11) is 0. The molecule has 13 heteroatoms. The van der Waals surface area contributed by atoms with Crippen LogP contribution in [0.15, 0.2) is 0 Å². The quantitative estimate of drug-likeness (QED) is 0.110. The molecule has 0 aliphatic carbocycles. The Morgan fingerprint density at radius 3 is 1.58 bits per heavy atom. The van der Waals surface area contributed by atoms with Crippen LogP contribution in [0.3, 0.4) is 0 Å². The molecule has 0 amide bonds. The van der Waals surface area contributed by atoms with E-state index in [1.807, 2.05) is 0 Å². The number of hydrogen-bond donors (Lipinski definition) is 3.